The number of esters is 1. The van der Waals surface area contributed by atoms with Crippen LogP contribution in [-0.2, 0) is 9.59 Å². The van der Waals surface area contributed by atoms with E-state index in [4.69, 9.17) is 16.3 Å². The van der Waals surface area contributed by atoms with Crippen LogP contribution in [0.1, 0.15) is 6.92 Å². The van der Waals surface area contributed by atoms with Crippen molar-refractivity contribution in [3.63, 3.8) is 0 Å². The Morgan fingerprint density at radius 2 is 1.86 bits per heavy atom. The van der Waals surface area contributed by atoms with Crippen molar-refractivity contribution in [2.24, 2.45) is 0 Å². The lowest BCUT2D eigenvalue weighted by molar-refractivity contribution is -0.146. The number of alkyl halides is 1. The minimum Gasteiger partial charge on any atom is -0.421 e. The largest absolute Gasteiger partial charge is 0.421 e. The van der Waals surface area contributed by atoms with E-state index in [0.29, 0.717) is 5.75 Å². The highest BCUT2D eigenvalue weighted by molar-refractivity contribution is 6.47. The molecular weight excluding hydrogens is 204 g/mol. The van der Waals surface area contributed by atoms with E-state index in [9.17, 15) is 9.59 Å². The van der Waals surface area contributed by atoms with Crippen LogP contribution >= 0.6 is 11.6 Å². The Kier molecular flexibility index (Phi) is 3.65. The first-order chi connectivity index (χ1) is 6.61. The van der Waals surface area contributed by atoms with Gasteiger partial charge in [0.05, 0.1) is 0 Å². The Labute approximate surface area is 86.6 Å². The number of ether oxygens (including phenoxy) is 1. The lowest BCUT2D eigenvalue weighted by Crippen LogP contribution is -2.26. The maximum atomic E-state index is 11.1. The predicted molar refractivity (Wildman–Crippen MR) is 52.4 cm³/mol. The Hall–Kier alpha value is -1.35. The van der Waals surface area contributed by atoms with E-state index >= 15 is 0 Å². The summed E-state index contributed by atoms with van der Waals surface area (Å²) in [4.78, 5) is 22.1. The molecule has 0 aliphatic rings. The fourth-order valence-corrected chi connectivity index (χ4v) is 0.897. The molecule has 1 rings (SSSR count). The average Bonchev–Trinajstić information content (AvgIpc) is 2.18. The second kappa shape index (κ2) is 4.77. The summed E-state index contributed by atoms with van der Waals surface area (Å²) < 4.78 is 4.76. The van der Waals surface area contributed by atoms with Crippen molar-refractivity contribution >= 4 is 23.4 Å². The molecular formula is C10H9ClO3. The van der Waals surface area contributed by atoms with Crippen molar-refractivity contribution in [2.75, 3.05) is 0 Å². The Morgan fingerprint density at radius 1 is 1.29 bits per heavy atom. The third kappa shape index (κ3) is 2.85. The molecule has 1 unspecified atom stereocenters. The van der Waals surface area contributed by atoms with Crippen molar-refractivity contribution in [2.45, 2.75) is 12.3 Å². The van der Waals surface area contributed by atoms with Gasteiger partial charge >= 0.3 is 5.97 Å². The summed E-state index contributed by atoms with van der Waals surface area (Å²) >= 11 is 5.44. The van der Waals surface area contributed by atoms with Crippen LogP contribution in [0.3, 0.4) is 0 Å². The normalized spacial score (nSPS) is 11.9. The first-order valence-corrected chi connectivity index (χ1v) is 4.50. The highest BCUT2D eigenvalue weighted by atomic mass is 35.5. The van der Waals surface area contributed by atoms with Gasteiger partial charge < -0.3 is 4.74 Å². The van der Waals surface area contributed by atoms with Crippen LogP contribution in [0.4, 0.5) is 0 Å². The molecule has 1 atom stereocenters. The van der Waals surface area contributed by atoms with E-state index in [0.717, 1.165) is 0 Å². The number of para-hydroxylation sites is 1. The first kappa shape index (κ1) is 10.7. The molecule has 0 radical (unpaired) electrons. The molecule has 0 aromatic heterocycles. The molecule has 0 aliphatic carbocycles. The van der Waals surface area contributed by atoms with Crippen molar-refractivity contribution < 1.29 is 14.3 Å². The number of ketones is 1. The molecule has 0 saturated carbocycles. The number of carbonyl (C=O) groups is 2. The van der Waals surface area contributed by atoms with E-state index in [1.807, 2.05) is 0 Å². The molecule has 0 amide bonds. The van der Waals surface area contributed by atoms with Gasteiger partial charge in [-0.25, -0.2) is 4.79 Å². The van der Waals surface area contributed by atoms with Crippen LogP contribution in [0.2, 0.25) is 0 Å². The zero-order valence-electron chi connectivity index (χ0n) is 7.57. The second-order valence-corrected chi connectivity index (χ2v) is 3.34. The maximum absolute atomic E-state index is 11.1. The molecule has 0 N–H and O–H groups in total. The molecule has 1 aromatic rings. The third-order valence-corrected chi connectivity index (χ3v) is 1.71. The van der Waals surface area contributed by atoms with Crippen LogP contribution in [0.5, 0.6) is 5.75 Å². The maximum Gasteiger partial charge on any atom is 0.381 e. The third-order valence-electron chi connectivity index (χ3n) is 1.52. The second-order valence-electron chi connectivity index (χ2n) is 2.68. The van der Waals surface area contributed by atoms with E-state index in [1.165, 1.54) is 6.92 Å². The van der Waals surface area contributed by atoms with E-state index < -0.39 is 17.1 Å². The highest BCUT2D eigenvalue weighted by Gasteiger charge is 2.21. The van der Waals surface area contributed by atoms with Crippen LogP contribution < -0.4 is 4.74 Å². The van der Waals surface area contributed by atoms with Gasteiger partial charge in [0.2, 0.25) is 0 Å². The number of benzene rings is 1. The van der Waals surface area contributed by atoms with Gasteiger partial charge in [0.15, 0.2) is 0 Å². The number of hydrogen-bond acceptors (Lipinski definition) is 3. The monoisotopic (exact) mass is 212 g/mol. The van der Waals surface area contributed by atoms with Crippen molar-refractivity contribution in [1.82, 2.24) is 0 Å². The zero-order chi connectivity index (χ0) is 10.6. The SMILES string of the molecule is CC(Cl)C(=O)C(=O)Oc1ccccc1. The summed E-state index contributed by atoms with van der Waals surface area (Å²) in [5.74, 6) is -1.34. The van der Waals surface area contributed by atoms with Gasteiger partial charge in [-0.3, -0.25) is 4.79 Å². The molecule has 0 spiro atoms. The molecule has 3 nitrogen and oxygen atoms in total. The van der Waals surface area contributed by atoms with Crippen LogP contribution in [-0.4, -0.2) is 17.1 Å². The van der Waals surface area contributed by atoms with Gasteiger partial charge in [-0.15, -0.1) is 11.6 Å². The van der Waals surface area contributed by atoms with E-state index in [2.05, 4.69) is 0 Å². The summed E-state index contributed by atoms with van der Waals surface area (Å²) in [7, 11) is 0. The van der Waals surface area contributed by atoms with Crippen molar-refractivity contribution in [3.05, 3.63) is 30.3 Å². The van der Waals surface area contributed by atoms with Gasteiger partial charge in [-0.2, -0.15) is 0 Å². The summed E-state index contributed by atoms with van der Waals surface area (Å²) in [5, 5.41) is -0.855. The highest BCUT2D eigenvalue weighted by Crippen LogP contribution is 2.09. The number of carbonyl (C=O) groups excluding carboxylic acids is 2. The number of hydrogen-bond donors (Lipinski definition) is 0. The van der Waals surface area contributed by atoms with Gasteiger partial charge in [-0.05, 0) is 19.1 Å². The molecule has 0 heterocycles. The Bertz CT molecular complexity index is 332. The molecule has 1 aromatic carbocycles. The molecule has 4 heteroatoms. The number of halogens is 1. The standard InChI is InChI=1S/C10H9ClO3/c1-7(11)9(12)10(13)14-8-5-3-2-4-6-8/h2-7H,1H3. The van der Waals surface area contributed by atoms with Gasteiger partial charge in [0.25, 0.3) is 5.78 Å². The summed E-state index contributed by atoms with van der Waals surface area (Å²) in [6, 6.07) is 8.37. The fraction of sp³-hybridized carbons (Fsp3) is 0.200. The molecule has 0 fully saturated rings. The van der Waals surface area contributed by atoms with Crippen molar-refractivity contribution in [3.8, 4) is 5.75 Å². The molecule has 74 valence electrons. The average molecular weight is 213 g/mol. The molecule has 14 heavy (non-hydrogen) atoms. The van der Waals surface area contributed by atoms with Gasteiger partial charge in [-0.1, -0.05) is 18.2 Å². The molecule has 0 saturated heterocycles. The van der Waals surface area contributed by atoms with Gasteiger partial charge in [0.1, 0.15) is 11.1 Å². The predicted octanol–water partition coefficient (Wildman–Crippen LogP) is 1.79. The zero-order valence-corrected chi connectivity index (χ0v) is 8.32. The molecule has 0 bridgehead atoms. The lowest BCUT2D eigenvalue weighted by Gasteiger charge is -2.03. The Morgan fingerprint density at radius 3 is 2.36 bits per heavy atom. The van der Waals surface area contributed by atoms with Crippen LogP contribution in [0.15, 0.2) is 30.3 Å². The lowest BCUT2D eigenvalue weighted by atomic mass is 10.3. The molecule has 0 aliphatic heterocycles. The summed E-state index contributed by atoms with van der Waals surface area (Å²) in [5.41, 5.74) is 0. The Balaban J connectivity index is 2.63. The van der Waals surface area contributed by atoms with Crippen LogP contribution in [0.25, 0.3) is 0 Å². The quantitative estimate of drug-likeness (QED) is 0.332. The van der Waals surface area contributed by atoms with Crippen LogP contribution in [0, 0.1) is 0 Å². The smallest absolute Gasteiger partial charge is 0.381 e. The first-order valence-electron chi connectivity index (χ1n) is 4.06. The summed E-state index contributed by atoms with van der Waals surface area (Å²) in [6.07, 6.45) is 0. The minimum absolute atomic E-state index is 0.336. The number of Topliss-reactive ketones (excluding diaryl/α,β-unsaturated/α-hetero) is 1. The van der Waals surface area contributed by atoms with E-state index in [1.54, 1.807) is 30.3 Å². The summed E-state index contributed by atoms with van der Waals surface area (Å²) in [6.45, 7) is 1.43. The fourth-order valence-electron chi connectivity index (χ4n) is 0.808. The minimum atomic E-state index is -0.932. The van der Waals surface area contributed by atoms with Gasteiger partial charge in [0, 0.05) is 0 Å². The van der Waals surface area contributed by atoms with E-state index in [-0.39, 0.29) is 0 Å². The van der Waals surface area contributed by atoms with Crippen molar-refractivity contribution in [1.29, 1.82) is 0 Å². The number of rotatable bonds is 3. The topological polar surface area (TPSA) is 43.4 Å².